The first kappa shape index (κ1) is 14.6. The standard InChI is InChI=1S/C13H11ClN4O3/c14-10-5-7(1-3-9(10)12(19)20)11-4-2-8(21-11)6-17-18-13(15)16/h1-6H,(H,19,20)(H4,15,16,18)/b17-6-. The van der Waals surface area contributed by atoms with E-state index in [-0.39, 0.29) is 16.5 Å². The molecule has 0 saturated heterocycles. The number of nitrogens with two attached hydrogens (primary N) is 2. The molecule has 0 fully saturated rings. The van der Waals surface area contributed by atoms with Gasteiger partial charge in [-0.25, -0.2) is 4.79 Å². The highest BCUT2D eigenvalue weighted by atomic mass is 35.5. The average molecular weight is 307 g/mol. The molecule has 21 heavy (non-hydrogen) atoms. The summed E-state index contributed by atoms with van der Waals surface area (Å²) in [6.07, 6.45) is 1.34. The number of rotatable bonds is 4. The van der Waals surface area contributed by atoms with Crippen molar-refractivity contribution < 1.29 is 14.3 Å². The van der Waals surface area contributed by atoms with E-state index in [1.54, 1.807) is 18.2 Å². The van der Waals surface area contributed by atoms with Crippen LogP contribution in [0.15, 0.2) is 45.0 Å². The first-order valence-electron chi connectivity index (χ1n) is 5.72. The maximum Gasteiger partial charge on any atom is 0.337 e. The minimum absolute atomic E-state index is 0.0292. The molecular weight excluding hydrogens is 296 g/mol. The lowest BCUT2D eigenvalue weighted by molar-refractivity contribution is 0.0697. The average Bonchev–Trinajstić information content (AvgIpc) is 2.86. The van der Waals surface area contributed by atoms with E-state index >= 15 is 0 Å². The highest BCUT2D eigenvalue weighted by molar-refractivity contribution is 6.33. The van der Waals surface area contributed by atoms with E-state index in [9.17, 15) is 4.79 Å². The molecule has 0 radical (unpaired) electrons. The number of halogens is 1. The van der Waals surface area contributed by atoms with Gasteiger partial charge >= 0.3 is 5.97 Å². The third kappa shape index (κ3) is 3.61. The van der Waals surface area contributed by atoms with Crippen LogP contribution in [0.5, 0.6) is 0 Å². The molecule has 0 bridgehead atoms. The van der Waals surface area contributed by atoms with Gasteiger partial charge in [0.25, 0.3) is 0 Å². The lowest BCUT2D eigenvalue weighted by Gasteiger charge is -2.01. The molecule has 108 valence electrons. The van der Waals surface area contributed by atoms with Crippen molar-refractivity contribution in [3.8, 4) is 11.3 Å². The molecule has 0 aliphatic heterocycles. The number of nitrogens with zero attached hydrogens (tertiary/aromatic N) is 2. The zero-order chi connectivity index (χ0) is 15.4. The molecule has 0 saturated carbocycles. The SMILES string of the molecule is NC(N)=N/N=C\c1ccc(-c2ccc(C(=O)O)c(Cl)c2)o1. The van der Waals surface area contributed by atoms with Crippen molar-refractivity contribution >= 4 is 29.7 Å². The predicted octanol–water partition coefficient (Wildman–Crippen LogP) is 1.91. The molecule has 0 spiro atoms. The first-order valence-corrected chi connectivity index (χ1v) is 6.10. The van der Waals surface area contributed by atoms with Gasteiger partial charge in [0, 0.05) is 5.56 Å². The van der Waals surface area contributed by atoms with Crippen LogP contribution in [0, 0.1) is 0 Å². The second kappa shape index (κ2) is 6.10. The summed E-state index contributed by atoms with van der Waals surface area (Å²) in [5.41, 5.74) is 10.9. The van der Waals surface area contributed by atoms with Gasteiger partial charge in [0.15, 0.2) is 0 Å². The van der Waals surface area contributed by atoms with Crippen LogP contribution in [-0.4, -0.2) is 23.2 Å². The molecular formula is C13H11ClN4O3. The van der Waals surface area contributed by atoms with Gasteiger partial charge in [0.2, 0.25) is 5.96 Å². The summed E-state index contributed by atoms with van der Waals surface area (Å²) in [6, 6.07) is 7.89. The van der Waals surface area contributed by atoms with Crippen LogP contribution in [-0.2, 0) is 0 Å². The highest BCUT2D eigenvalue weighted by Crippen LogP contribution is 2.27. The summed E-state index contributed by atoms with van der Waals surface area (Å²) < 4.78 is 5.50. The molecule has 1 heterocycles. The van der Waals surface area contributed by atoms with Crippen LogP contribution in [0.4, 0.5) is 0 Å². The van der Waals surface area contributed by atoms with Crippen molar-refractivity contribution in [2.45, 2.75) is 0 Å². The Kier molecular flexibility index (Phi) is 4.24. The molecule has 2 aromatic rings. The maximum absolute atomic E-state index is 10.9. The third-order valence-electron chi connectivity index (χ3n) is 2.47. The lowest BCUT2D eigenvalue weighted by Crippen LogP contribution is -2.21. The number of carbonyl (C=O) groups is 1. The van der Waals surface area contributed by atoms with Gasteiger partial charge in [-0.05, 0) is 24.3 Å². The van der Waals surface area contributed by atoms with Gasteiger partial charge in [-0.15, -0.1) is 5.10 Å². The van der Waals surface area contributed by atoms with Gasteiger partial charge in [-0.2, -0.15) is 5.10 Å². The van der Waals surface area contributed by atoms with Crippen LogP contribution in [0.3, 0.4) is 0 Å². The summed E-state index contributed by atoms with van der Waals surface area (Å²) in [7, 11) is 0. The van der Waals surface area contributed by atoms with Crippen LogP contribution in [0.1, 0.15) is 16.1 Å². The quantitative estimate of drug-likeness (QED) is 0.451. The zero-order valence-corrected chi connectivity index (χ0v) is 11.4. The van der Waals surface area contributed by atoms with Crippen molar-refractivity contribution in [1.82, 2.24) is 0 Å². The molecule has 1 aromatic carbocycles. The van der Waals surface area contributed by atoms with Gasteiger partial charge in [-0.3, -0.25) is 0 Å². The number of furan rings is 1. The normalized spacial score (nSPS) is 10.7. The molecule has 1 aromatic heterocycles. The summed E-state index contributed by atoms with van der Waals surface area (Å²) >= 11 is 5.91. The fourth-order valence-electron chi connectivity index (χ4n) is 1.57. The Hall–Kier alpha value is -2.80. The number of carboxylic acid groups (broad SMARTS) is 1. The van der Waals surface area contributed by atoms with E-state index in [0.717, 1.165) is 0 Å². The van der Waals surface area contributed by atoms with E-state index in [1.165, 1.54) is 18.3 Å². The summed E-state index contributed by atoms with van der Waals surface area (Å²) in [4.78, 5) is 10.9. The number of hydrogen-bond donors (Lipinski definition) is 3. The largest absolute Gasteiger partial charge is 0.478 e. The Balaban J connectivity index is 2.26. The van der Waals surface area contributed by atoms with Gasteiger partial charge in [0.05, 0.1) is 16.8 Å². The van der Waals surface area contributed by atoms with Crippen molar-refractivity contribution in [3.63, 3.8) is 0 Å². The second-order valence-electron chi connectivity index (χ2n) is 3.97. The van der Waals surface area contributed by atoms with E-state index in [4.69, 9.17) is 32.6 Å². The lowest BCUT2D eigenvalue weighted by atomic mass is 10.1. The number of aromatic carboxylic acids is 1. The number of guanidine groups is 1. The Bertz CT molecular complexity index is 733. The molecule has 0 aliphatic rings. The molecule has 8 heteroatoms. The van der Waals surface area contributed by atoms with Crippen molar-refractivity contribution in [1.29, 1.82) is 0 Å². The van der Waals surface area contributed by atoms with Crippen LogP contribution in [0.2, 0.25) is 5.02 Å². The molecule has 0 aliphatic carbocycles. The summed E-state index contributed by atoms with van der Waals surface area (Å²) in [5.74, 6) is -0.293. The van der Waals surface area contributed by atoms with Crippen molar-refractivity contribution in [3.05, 3.63) is 46.7 Å². The van der Waals surface area contributed by atoms with Gasteiger partial charge in [0.1, 0.15) is 11.5 Å². The number of hydrogen-bond acceptors (Lipinski definition) is 4. The molecule has 0 unspecified atom stereocenters. The fraction of sp³-hybridized carbons (Fsp3) is 0. The zero-order valence-electron chi connectivity index (χ0n) is 10.7. The molecule has 7 nitrogen and oxygen atoms in total. The van der Waals surface area contributed by atoms with Crippen LogP contribution in [0.25, 0.3) is 11.3 Å². The van der Waals surface area contributed by atoms with Gasteiger partial charge in [-0.1, -0.05) is 17.7 Å². The van der Waals surface area contributed by atoms with Crippen molar-refractivity contribution in [2.75, 3.05) is 0 Å². The summed E-state index contributed by atoms with van der Waals surface area (Å²) in [5, 5.41) is 16.1. The highest BCUT2D eigenvalue weighted by Gasteiger charge is 2.11. The fourth-order valence-corrected chi connectivity index (χ4v) is 1.83. The molecule has 2 rings (SSSR count). The Morgan fingerprint density at radius 1 is 1.29 bits per heavy atom. The van der Waals surface area contributed by atoms with E-state index < -0.39 is 5.97 Å². The Labute approximate surface area is 124 Å². The monoisotopic (exact) mass is 306 g/mol. The minimum Gasteiger partial charge on any atom is -0.478 e. The Morgan fingerprint density at radius 3 is 2.67 bits per heavy atom. The number of carboxylic acids is 1. The molecule has 0 amide bonds. The topological polar surface area (TPSA) is 127 Å². The van der Waals surface area contributed by atoms with E-state index in [0.29, 0.717) is 17.1 Å². The predicted molar refractivity (Wildman–Crippen MR) is 79.5 cm³/mol. The molecule has 5 N–H and O–H groups in total. The molecule has 0 atom stereocenters. The van der Waals surface area contributed by atoms with E-state index in [1.807, 2.05) is 0 Å². The summed E-state index contributed by atoms with van der Waals surface area (Å²) in [6.45, 7) is 0. The third-order valence-corrected chi connectivity index (χ3v) is 2.78. The maximum atomic E-state index is 10.9. The second-order valence-corrected chi connectivity index (χ2v) is 4.38. The smallest absolute Gasteiger partial charge is 0.337 e. The van der Waals surface area contributed by atoms with Crippen LogP contribution < -0.4 is 11.5 Å². The van der Waals surface area contributed by atoms with Gasteiger partial charge < -0.3 is 21.0 Å². The van der Waals surface area contributed by atoms with Crippen molar-refractivity contribution in [2.24, 2.45) is 21.7 Å². The number of benzene rings is 1. The Morgan fingerprint density at radius 2 is 2.05 bits per heavy atom. The first-order chi connectivity index (χ1) is 9.97. The van der Waals surface area contributed by atoms with Crippen LogP contribution >= 0.6 is 11.6 Å². The minimum atomic E-state index is -1.09. The van der Waals surface area contributed by atoms with E-state index in [2.05, 4.69) is 10.2 Å².